The Balaban J connectivity index is 1.55. The van der Waals surface area contributed by atoms with E-state index in [9.17, 15) is 4.39 Å². The summed E-state index contributed by atoms with van der Waals surface area (Å²) in [6.45, 7) is 2.47. The molecule has 1 atom stereocenters. The first kappa shape index (κ1) is 15.7. The van der Waals surface area contributed by atoms with Crippen LogP contribution < -0.4 is 15.0 Å². The van der Waals surface area contributed by atoms with Crippen molar-refractivity contribution in [1.82, 2.24) is 15.5 Å². The van der Waals surface area contributed by atoms with Crippen LogP contribution in [0.25, 0.3) is 0 Å². The molecule has 23 heavy (non-hydrogen) atoms. The third-order valence-electron chi connectivity index (χ3n) is 4.15. The van der Waals surface area contributed by atoms with Crippen LogP contribution in [0.3, 0.4) is 0 Å². The smallest absolute Gasteiger partial charge is 0.165 e. The van der Waals surface area contributed by atoms with E-state index < -0.39 is 0 Å². The maximum atomic E-state index is 13.7. The van der Waals surface area contributed by atoms with Crippen molar-refractivity contribution >= 4 is 5.82 Å². The van der Waals surface area contributed by atoms with Crippen LogP contribution >= 0.6 is 0 Å². The molecule has 0 unspecified atom stereocenters. The van der Waals surface area contributed by atoms with E-state index in [1.54, 1.807) is 12.3 Å². The maximum Gasteiger partial charge on any atom is 0.165 e. The first-order chi connectivity index (χ1) is 11.3. The summed E-state index contributed by atoms with van der Waals surface area (Å²) in [5, 5.41) is 11.6. The Kier molecular flexibility index (Phi) is 5.02. The molecular weight excluding hydrogens is 295 g/mol. The summed E-state index contributed by atoms with van der Waals surface area (Å²) >= 11 is 0. The lowest BCUT2D eigenvalue weighted by atomic mass is 10.2. The molecule has 1 N–H and O–H groups in total. The molecule has 0 radical (unpaired) electrons. The highest BCUT2D eigenvalue weighted by atomic mass is 19.1. The van der Waals surface area contributed by atoms with Gasteiger partial charge in [-0.15, -0.1) is 5.10 Å². The van der Waals surface area contributed by atoms with Gasteiger partial charge in [-0.25, -0.2) is 4.39 Å². The molecule has 0 saturated carbocycles. The van der Waals surface area contributed by atoms with Crippen LogP contribution in [0.5, 0.6) is 5.75 Å². The molecule has 1 aromatic heterocycles. The molecule has 1 aromatic carbocycles. The van der Waals surface area contributed by atoms with Crippen molar-refractivity contribution in [3.05, 3.63) is 47.9 Å². The van der Waals surface area contributed by atoms with Crippen LogP contribution in [0.1, 0.15) is 18.4 Å². The van der Waals surface area contributed by atoms with Crippen molar-refractivity contribution in [2.24, 2.45) is 0 Å². The summed E-state index contributed by atoms with van der Waals surface area (Å²) in [6, 6.07) is 9.35. The van der Waals surface area contributed by atoms with Crippen LogP contribution in [0, 0.1) is 5.82 Å². The van der Waals surface area contributed by atoms with Crippen molar-refractivity contribution in [2.45, 2.75) is 25.4 Å². The molecule has 2 aromatic rings. The van der Waals surface area contributed by atoms with Gasteiger partial charge >= 0.3 is 0 Å². The highest BCUT2D eigenvalue weighted by Crippen LogP contribution is 2.22. The largest absolute Gasteiger partial charge is 0.494 e. The van der Waals surface area contributed by atoms with E-state index in [2.05, 4.69) is 20.4 Å². The number of methoxy groups -OCH3 is 1. The fourth-order valence-electron chi connectivity index (χ4n) is 3.00. The minimum absolute atomic E-state index is 0.276. The first-order valence-corrected chi connectivity index (χ1v) is 7.85. The number of nitrogens with one attached hydrogen (secondary N) is 1. The molecule has 122 valence electrons. The van der Waals surface area contributed by atoms with Gasteiger partial charge in [0.2, 0.25) is 0 Å². The quantitative estimate of drug-likeness (QED) is 0.887. The van der Waals surface area contributed by atoms with E-state index in [-0.39, 0.29) is 11.6 Å². The van der Waals surface area contributed by atoms with Gasteiger partial charge in [0.25, 0.3) is 0 Å². The number of ether oxygens (including phenoxy) is 1. The van der Waals surface area contributed by atoms with Crippen molar-refractivity contribution in [3.63, 3.8) is 0 Å². The van der Waals surface area contributed by atoms with Gasteiger partial charge in [-0.3, -0.25) is 0 Å². The number of hydrogen-bond donors (Lipinski definition) is 1. The highest BCUT2D eigenvalue weighted by molar-refractivity contribution is 5.39. The van der Waals surface area contributed by atoms with Gasteiger partial charge in [0, 0.05) is 31.9 Å². The van der Waals surface area contributed by atoms with E-state index >= 15 is 0 Å². The van der Waals surface area contributed by atoms with Crippen LogP contribution in [-0.2, 0) is 6.54 Å². The summed E-state index contributed by atoms with van der Waals surface area (Å²) in [6.07, 6.45) is 3.96. The molecule has 6 heteroatoms. The molecule has 5 nitrogen and oxygen atoms in total. The van der Waals surface area contributed by atoms with Gasteiger partial charge in [-0.05, 0) is 42.7 Å². The zero-order valence-corrected chi connectivity index (χ0v) is 13.2. The zero-order valence-electron chi connectivity index (χ0n) is 13.2. The molecule has 1 fully saturated rings. The summed E-state index contributed by atoms with van der Waals surface area (Å²) in [5.41, 5.74) is 0.910. The van der Waals surface area contributed by atoms with E-state index in [1.807, 2.05) is 18.2 Å². The second-order valence-electron chi connectivity index (χ2n) is 5.67. The third kappa shape index (κ3) is 3.76. The number of nitrogens with zero attached hydrogens (tertiary/aromatic N) is 3. The Hall–Kier alpha value is -2.21. The average molecular weight is 316 g/mol. The zero-order chi connectivity index (χ0) is 16.1. The Bertz CT molecular complexity index is 638. The lowest BCUT2D eigenvalue weighted by Gasteiger charge is -2.25. The fourth-order valence-corrected chi connectivity index (χ4v) is 3.00. The van der Waals surface area contributed by atoms with Gasteiger partial charge < -0.3 is 15.0 Å². The maximum absolute atomic E-state index is 13.7. The molecule has 1 aliphatic heterocycles. The number of hydrogen-bond acceptors (Lipinski definition) is 5. The Labute approximate surface area is 135 Å². The standard InChI is InChI=1S/C17H21FN4O/c1-23-16-7-6-13(10-15(16)18)11-19-12-14-4-3-9-22(14)17-5-2-8-20-21-17/h2,5-8,10,14,19H,3-4,9,11-12H2,1H3/t14-/m1/s1. The van der Waals surface area contributed by atoms with Crippen LogP contribution in [0.2, 0.25) is 0 Å². The minimum Gasteiger partial charge on any atom is -0.494 e. The van der Waals surface area contributed by atoms with Gasteiger partial charge in [0.15, 0.2) is 17.4 Å². The Morgan fingerprint density at radius 1 is 1.39 bits per heavy atom. The average Bonchev–Trinajstić information content (AvgIpc) is 3.04. The number of halogens is 1. The second kappa shape index (κ2) is 7.37. The van der Waals surface area contributed by atoms with Gasteiger partial charge in [0.1, 0.15) is 0 Å². The van der Waals surface area contributed by atoms with E-state index in [0.29, 0.717) is 12.6 Å². The number of aromatic nitrogens is 2. The number of anilines is 1. The molecule has 1 saturated heterocycles. The molecule has 3 rings (SSSR count). The monoisotopic (exact) mass is 316 g/mol. The fraction of sp³-hybridized carbons (Fsp3) is 0.412. The molecule has 0 amide bonds. The molecule has 2 heterocycles. The summed E-state index contributed by atoms with van der Waals surface area (Å²) in [4.78, 5) is 2.29. The minimum atomic E-state index is -0.325. The van der Waals surface area contributed by atoms with Crippen molar-refractivity contribution in [2.75, 3.05) is 25.1 Å². The summed E-state index contributed by atoms with van der Waals surface area (Å²) in [7, 11) is 1.47. The topological polar surface area (TPSA) is 50.3 Å². The van der Waals surface area contributed by atoms with Crippen molar-refractivity contribution < 1.29 is 9.13 Å². The predicted octanol–water partition coefficient (Wildman–Crippen LogP) is 2.38. The molecule has 1 aliphatic rings. The number of benzene rings is 1. The van der Waals surface area contributed by atoms with Gasteiger partial charge in [-0.2, -0.15) is 5.10 Å². The van der Waals surface area contributed by atoms with Crippen LogP contribution in [0.15, 0.2) is 36.5 Å². The van der Waals surface area contributed by atoms with Crippen molar-refractivity contribution in [3.8, 4) is 5.75 Å². The Morgan fingerprint density at radius 3 is 3.04 bits per heavy atom. The van der Waals surface area contributed by atoms with Crippen LogP contribution in [-0.4, -0.2) is 36.4 Å². The predicted molar refractivity (Wildman–Crippen MR) is 87.1 cm³/mol. The third-order valence-corrected chi connectivity index (χ3v) is 4.15. The lowest BCUT2D eigenvalue weighted by molar-refractivity contribution is 0.386. The SMILES string of the molecule is COc1ccc(CNC[C@H]2CCCN2c2cccnn2)cc1F. The van der Waals surface area contributed by atoms with Crippen molar-refractivity contribution in [1.29, 1.82) is 0 Å². The first-order valence-electron chi connectivity index (χ1n) is 7.85. The van der Waals surface area contributed by atoms with E-state index in [4.69, 9.17) is 4.74 Å². The highest BCUT2D eigenvalue weighted by Gasteiger charge is 2.25. The normalized spacial score (nSPS) is 17.5. The molecular formula is C17H21FN4O. The summed E-state index contributed by atoms with van der Waals surface area (Å²) in [5.74, 6) is 0.875. The lowest BCUT2D eigenvalue weighted by Crippen LogP contribution is -2.38. The molecule has 0 spiro atoms. The molecule has 0 bridgehead atoms. The number of rotatable bonds is 6. The van der Waals surface area contributed by atoms with Gasteiger partial charge in [-0.1, -0.05) is 6.07 Å². The van der Waals surface area contributed by atoms with E-state index in [0.717, 1.165) is 37.3 Å². The van der Waals surface area contributed by atoms with Gasteiger partial charge in [0.05, 0.1) is 7.11 Å². The summed E-state index contributed by atoms with van der Waals surface area (Å²) < 4.78 is 18.6. The second-order valence-corrected chi connectivity index (χ2v) is 5.67. The Morgan fingerprint density at radius 2 is 2.30 bits per heavy atom. The van der Waals surface area contributed by atoms with E-state index in [1.165, 1.54) is 13.2 Å². The molecule has 0 aliphatic carbocycles. The van der Waals surface area contributed by atoms with Crippen LogP contribution in [0.4, 0.5) is 10.2 Å².